The molecule has 15 heavy (non-hydrogen) atoms. The number of rotatable bonds is 3. The number of ketones is 1. The first kappa shape index (κ1) is 11.1. The summed E-state index contributed by atoms with van der Waals surface area (Å²) in [4.78, 5) is 11.4. The zero-order valence-electron chi connectivity index (χ0n) is 8.70. The van der Waals surface area contributed by atoms with Crippen LogP contribution in [0.15, 0.2) is 12.1 Å². The number of nitriles is 1. The second-order valence-electron chi connectivity index (χ2n) is 3.01. The molecule has 0 amide bonds. The number of hydrogen-bond acceptors (Lipinski definition) is 4. The van der Waals surface area contributed by atoms with Crippen LogP contribution >= 0.6 is 0 Å². The molecule has 78 valence electrons. The fourth-order valence-electron chi connectivity index (χ4n) is 1.34. The van der Waals surface area contributed by atoms with Crippen LogP contribution in [0.25, 0.3) is 0 Å². The third kappa shape index (κ3) is 2.08. The summed E-state index contributed by atoms with van der Waals surface area (Å²) in [6, 6.07) is 5.03. The van der Waals surface area contributed by atoms with Crippen molar-refractivity contribution < 1.29 is 9.53 Å². The van der Waals surface area contributed by atoms with Gasteiger partial charge in [-0.25, -0.2) is 0 Å². The molecule has 1 aromatic rings. The zero-order valence-corrected chi connectivity index (χ0v) is 8.70. The van der Waals surface area contributed by atoms with Crippen LogP contribution in [0, 0.1) is 11.3 Å². The van der Waals surface area contributed by atoms with Crippen LogP contribution < -0.4 is 10.5 Å². The molecule has 0 aliphatic carbocycles. The van der Waals surface area contributed by atoms with Crippen molar-refractivity contribution in [1.29, 1.82) is 5.26 Å². The minimum absolute atomic E-state index is 0.220. The Kier molecular flexibility index (Phi) is 3.29. The van der Waals surface area contributed by atoms with Crippen LogP contribution in [0.4, 0.5) is 5.69 Å². The number of carbonyl (C=O) groups is 1. The first-order chi connectivity index (χ1) is 7.11. The molecule has 0 saturated carbocycles. The SMILES string of the molecule is CCOc1c(N)ccc(C#N)c1C(C)=O. The van der Waals surface area contributed by atoms with Gasteiger partial charge >= 0.3 is 0 Å². The molecule has 0 aliphatic heterocycles. The summed E-state index contributed by atoms with van der Waals surface area (Å²) in [7, 11) is 0. The number of nitrogens with zero attached hydrogens (tertiary/aromatic N) is 1. The number of anilines is 1. The average Bonchev–Trinajstić information content (AvgIpc) is 2.20. The molecule has 0 bridgehead atoms. The van der Waals surface area contributed by atoms with E-state index >= 15 is 0 Å². The van der Waals surface area contributed by atoms with Crippen molar-refractivity contribution in [2.75, 3.05) is 12.3 Å². The first-order valence-electron chi connectivity index (χ1n) is 4.58. The maximum Gasteiger partial charge on any atom is 0.164 e. The predicted octanol–water partition coefficient (Wildman–Crippen LogP) is 1.74. The molecule has 4 nitrogen and oxygen atoms in total. The number of hydrogen-bond donors (Lipinski definition) is 1. The van der Waals surface area contributed by atoms with E-state index in [0.717, 1.165) is 0 Å². The van der Waals surface area contributed by atoms with E-state index in [2.05, 4.69) is 0 Å². The maximum atomic E-state index is 11.4. The molecular weight excluding hydrogens is 192 g/mol. The number of ether oxygens (including phenoxy) is 1. The zero-order chi connectivity index (χ0) is 11.4. The summed E-state index contributed by atoms with van der Waals surface area (Å²) >= 11 is 0. The Morgan fingerprint density at radius 3 is 2.73 bits per heavy atom. The summed E-state index contributed by atoms with van der Waals surface area (Å²) in [5.41, 5.74) is 6.61. The molecule has 2 N–H and O–H groups in total. The summed E-state index contributed by atoms with van der Waals surface area (Å²) in [5.74, 6) is 0.0892. The summed E-state index contributed by atoms with van der Waals surface area (Å²) in [6.45, 7) is 3.58. The van der Waals surface area contributed by atoms with Crippen molar-refractivity contribution in [1.82, 2.24) is 0 Å². The minimum atomic E-state index is -0.220. The number of carbonyl (C=O) groups excluding carboxylic acids is 1. The summed E-state index contributed by atoms with van der Waals surface area (Å²) in [6.07, 6.45) is 0. The minimum Gasteiger partial charge on any atom is -0.491 e. The topological polar surface area (TPSA) is 76.1 Å². The van der Waals surface area contributed by atoms with Crippen molar-refractivity contribution >= 4 is 11.5 Å². The molecule has 0 saturated heterocycles. The lowest BCUT2D eigenvalue weighted by Gasteiger charge is -2.11. The first-order valence-corrected chi connectivity index (χ1v) is 4.58. The summed E-state index contributed by atoms with van der Waals surface area (Å²) < 4.78 is 5.27. The normalized spacial score (nSPS) is 9.40. The molecule has 0 aliphatic rings. The predicted molar refractivity (Wildman–Crippen MR) is 56.7 cm³/mol. The molecule has 0 aromatic heterocycles. The second kappa shape index (κ2) is 4.47. The van der Waals surface area contributed by atoms with Gasteiger partial charge in [0.1, 0.15) is 6.07 Å². The van der Waals surface area contributed by atoms with Gasteiger partial charge in [-0.15, -0.1) is 0 Å². The maximum absolute atomic E-state index is 11.4. The van der Waals surface area contributed by atoms with Crippen molar-refractivity contribution in [3.8, 4) is 11.8 Å². The second-order valence-corrected chi connectivity index (χ2v) is 3.01. The average molecular weight is 204 g/mol. The van der Waals surface area contributed by atoms with E-state index in [9.17, 15) is 4.79 Å². The van der Waals surface area contributed by atoms with Crippen LogP contribution in [-0.2, 0) is 0 Å². The molecule has 0 spiro atoms. The van der Waals surface area contributed by atoms with Gasteiger partial charge in [0.25, 0.3) is 0 Å². The van der Waals surface area contributed by atoms with Crippen LogP contribution in [0.3, 0.4) is 0 Å². The Morgan fingerprint density at radius 2 is 2.27 bits per heavy atom. The molecule has 4 heteroatoms. The van der Waals surface area contributed by atoms with Gasteiger partial charge in [-0.2, -0.15) is 5.26 Å². The largest absolute Gasteiger partial charge is 0.491 e. The third-order valence-corrected chi connectivity index (χ3v) is 1.95. The standard InChI is InChI=1S/C11H12N2O2/c1-3-15-11-9(13)5-4-8(6-12)10(11)7(2)14/h4-5H,3,13H2,1-2H3. The Labute approximate surface area is 88.3 Å². The smallest absolute Gasteiger partial charge is 0.164 e. The summed E-state index contributed by atoms with van der Waals surface area (Å²) in [5, 5.41) is 8.85. The van der Waals surface area contributed by atoms with E-state index < -0.39 is 0 Å². The molecule has 0 radical (unpaired) electrons. The van der Waals surface area contributed by atoms with Gasteiger partial charge in [0.15, 0.2) is 11.5 Å². The lowest BCUT2D eigenvalue weighted by Crippen LogP contribution is -2.06. The van der Waals surface area contributed by atoms with E-state index in [4.69, 9.17) is 15.7 Å². The Balaban J connectivity index is 3.45. The van der Waals surface area contributed by atoms with Gasteiger partial charge in [0.2, 0.25) is 0 Å². The van der Waals surface area contributed by atoms with Crippen LogP contribution in [0.5, 0.6) is 5.75 Å². The number of nitrogens with two attached hydrogens (primary N) is 1. The molecule has 1 rings (SSSR count). The fourth-order valence-corrected chi connectivity index (χ4v) is 1.34. The van der Waals surface area contributed by atoms with Crippen molar-refractivity contribution in [3.63, 3.8) is 0 Å². The van der Waals surface area contributed by atoms with E-state index in [0.29, 0.717) is 23.6 Å². The number of benzene rings is 1. The molecule has 1 aromatic carbocycles. The highest BCUT2D eigenvalue weighted by Crippen LogP contribution is 2.29. The number of nitrogen functional groups attached to an aromatic ring is 1. The van der Waals surface area contributed by atoms with Gasteiger partial charge < -0.3 is 10.5 Å². The Hall–Kier alpha value is -2.02. The molecular formula is C11H12N2O2. The quantitative estimate of drug-likeness (QED) is 0.601. The molecule has 0 unspecified atom stereocenters. The van der Waals surface area contributed by atoms with Crippen molar-refractivity contribution in [2.24, 2.45) is 0 Å². The van der Waals surface area contributed by atoms with Crippen LogP contribution in [-0.4, -0.2) is 12.4 Å². The molecule has 0 atom stereocenters. The van der Waals surface area contributed by atoms with E-state index in [1.807, 2.05) is 6.07 Å². The van der Waals surface area contributed by atoms with Crippen molar-refractivity contribution in [3.05, 3.63) is 23.3 Å². The Bertz CT molecular complexity index is 433. The van der Waals surface area contributed by atoms with Gasteiger partial charge in [0.05, 0.1) is 23.4 Å². The van der Waals surface area contributed by atoms with Crippen LogP contribution in [0.1, 0.15) is 29.8 Å². The van der Waals surface area contributed by atoms with Crippen LogP contribution in [0.2, 0.25) is 0 Å². The lowest BCUT2D eigenvalue weighted by molar-refractivity contribution is 0.101. The van der Waals surface area contributed by atoms with Gasteiger partial charge in [-0.1, -0.05) is 0 Å². The van der Waals surface area contributed by atoms with Gasteiger partial charge in [0, 0.05) is 0 Å². The van der Waals surface area contributed by atoms with E-state index in [-0.39, 0.29) is 11.3 Å². The number of Topliss-reactive ketones (excluding diaryl/α,β-unsaturated/α-hetero) is 1. The van der Waals surface area contributed by atoms with Gasteiger partial charge in [-0.3, -0.25) is 4.79 Å². The highest BCUT2D eigenvalue weighted by molar-refractivity contribution is 6.01. The van der Waals surface area contributed by atoms with Gasteiger partial charge in [-0.05, 0) is 26.0 Å². The monoisotopic (exact) mass is 204 g/mol. The van der Waals surface area contributed by atoms with E-state index in [1.54, 1.807) is 13.0 Å². The highest BCUT2D eigenvalue weighted by Gasteiger charge is 2.16. The lowest BCUT2D eigenvalue weighted by atomic mass is 10.0. The van der Waals surface area contributed by atoms with E-state index in [1.165, 1.54) is 13.0 Å². The molecule has 0 heterocycles. The highest BCUT2D eigenvalue weighted by atomic mass is 16.5. The third-order valence-electron chi connectivity index (χ3n) is 1.95. The van der Waals surface area contributed by atoms with Crippen molar-refractivity contribution in [2.45, 2.75) is 13.8 Å². The Morgan fingerprint density at radius 1 is 1.60 bits per heavy atom. The molecule has 0 fully saturated rings. The fraction of sp³-hybridized carbons (Fsp3) is 0.273.